The van der Waals surface area contributed by atoms with Crippen LogP contribution >= 0.6 is 0 Å². The van der Waals surface area contributed by atoms with Crippen molar-refractivity contribution in [2.75, 3.05) is 26.8 Å². The monoisotopic (exact) mass is 502 g/mol. The summed E-state index contributed by atoms with van der Waals surface area (Å²) in [5.74, 6) is -1.92. The SMILES string of the molecule is COCCn1cc(C(=O)N2CCC(c3cccc(CNC(=O)C(F)(F)F)n3)CC2)c2cccc(C)c21. The molecule has 1 N–H and O–H groups in total. The average Bonchev–Trinajstić information content (AvgIpc) is 3.25. The first-order chi connectivity index (χ1) is 17.2. The molecule has 192 valence electrons. The van der Waals surface area contributed by atoms with Crippen molar-refractivity contribution in [1.82, 2.24) is 19.8 Å². The first-order valence-electron chi connectivity index (χ1n) is 11.9. The highest BCUT2D eigenvalue weighted by atomic mass is 19.4. The first kappa shape index (κ1) is 25.7. The Balaban J connectivity index is 1.43. The quantitative estimate of drug-likeness (QED) is 0.526. The van der Waals surface area contributed by atoms with Crippen molar-refractivity contribution >= 4 is 22.7 Å². The summed E-state index contributed by atoms with van der Waals surface area (Å²) in [4.78, 5) is 30.9. The highest BCUT2D eigenvalue weighted by Gasteiger charge is 2.38. The summed E-state index contributed by atoms with van der Waals surface area (Å²) in [5.41, 5.74) is 3.92. The summed E-state index contributed by atoms with van der Waals surface area (Å²) in [6.07, 6.45) is -1.63. The minimum atomic E-state index is -4.92. The number of aryl methyl sites for hydroxylation is 1. The molecule has 1 fully saturated rings. The number of ether oxygens (including phenoxy) is 1. The number of hydrogen-bond acceptors (Lipinski definition) is 4. The number of pyridine rings is 1. The second-order valence-electron chi connectivity index (χ2n) is 9.00. The van der Waals surface area contributed by atoms with E-state index in [0.29, 0.717) is 50.3 Å². The number of amides is 2. The van der Waals surface area contributed by atoms with Gasteiger partial charge in [-0.15, -0.1) is 0 Å². The van der Waals surface area contributed by atoms with Gasteiger partial charge in [0.1, 0.15) is 0 Å². The second kappa shape index (κ2) is 10.7. The summed E-state index contributed by atoms with van der Waals surface area (Å²) in [5, 5.41) is 2.78. The highest BCUT2D eigenvalue weighted by Crippen LogP contribution is 2.30. The Morgan fingerprint density at radius 1 is 1.14 bits per heavy atom. The van der Waals surface area contributed by atoms with Gasteiger partial charge < -0.3 is 19.5 Å². The van der Waals surface area contributed by atoms with E-state index in [0.717, 1.165) is 22.2 Å². The van der Waals surface area contributed by atoms with Crippen molar-refractivity contribution in [3.05, 3.63) is 65.1 Å². The molecule has 2 amide bonds. The van der Waals surface area contributed by atoms with E-state index >= 15 is 0 Å². The van der Waals surface area contributed by atoms with Crippen molar-refractivity contribution in [3.63, 3.8) is 0 Å². The number of nitrogens with zero attached hydrogens (tertiary/aromatic N) is 3. The van der Waals surface area contributed by atoms with Crippen LogP contribution in [0.5, 0.6) is 0 Å². The van der Waals surface area contributed by atoms with Gasteiger partial charge in [0, 0.05) is 49.9 Å². The maximum Gasteiger partial charge on any atom is 0.471 e. The zero-order valence-electron chi connectivity index (χ0n) is 20.3. The Hall–Kier alpha value is -3.40. The smallest absolute Gasteiger partial charge is 0.383 e. The van der Waals surface area contributed by atoms with E-state index in [4.69, 9.17) is 4.74 Å². The number of benzene rings is 1. The van der Waals surface area contributed by atoms with Gasteiger partial charge in [-0.3, -0.25) is 14.6 Å². The van der Waals surface area contributed by atoms with Gasteiger partial charge >= 0.3 is 12.1 Å². The summed E-state index contributed by atoms with van der Waals surface area (Å²) >= 11 is 0. The Morgan fingerprint density at radius 3 is 2.56 bits per heavy atom. The standard InChI is InChI=1S/C26H29F3N4O3/c1-17-5-3-7-20-21(16-33(23(17)20)13-14-36-2)24(34)32-11-9-18(10-12-32)22-8-4-6-19(31-22)15-30-25(35)26(27,28)29/h3-8,16,18H,9-15H2,1-2H3,(H,30,35). The molecular weight excluding hydrogens is 473 g/mol. The van der Waals surface area contributed by atoms with Crippen LogP contribution in [-0.2, 0) is 22.6 Å². The predicted molar refractivity (Wildman–Crippen MR) is 129 cm³/mol. The van der Waals surface area contributed by atoms with Crippen molar-refractivity contribution in [2.45, 2.75) is 44.9 Å². The van der Waals surface area contributed by atoms with Gasteiger partial charge in [0.2, 0.25) is 0 Å². The minimum absolute atomic E-state index is 0.0169. The molecule has 0 aliphatic carbocycles. The Kier molecular flexibility index (Phi) is 7.63. The van der Waals surface area contributed by atoms with Crippen LogP contribution in [0.1, 0.15) is 46.1 Å². The fourth-order valence-electron chi connectivity index (χ4n) is 4.73. The molecule has 0 spiro atoms. The van der Waals surface area contributed by atoms with Gasteiger partial charge in [-0.25, -0.2) is 0 Å². The van der Waals surface area contributed by atoms with Crippen LogP contribution in [0.25, 0.3) is 10.9 Å². The summed E-state index contributed by atoms with van der Waals surface area (Å²) in [6.45, 7) is 4.03. The second-order valence-corrected chi connectivity index (χ2v) is 9.00. The van der Waals surface area contributed by atoms with Gasteiger partial charge in [0.05, 0.1) is 29.9 Å². The topological polar surface area (TPSA) is 76.5 Å². The molecule has 0 bridgehead atoms. The zero-order chi connectivity index (χ0) is 25.9. The van der Waals surface area contributed by atoms with Crippen LogP contribution in [-0.4, -0.2) is 59.2 Å². The number of halogens is 3. The van der Waals surface area contributed by atoms with E-state index in [1.807, 2.05) is 47.6 Å². The number of nitrogens with one attached hydrogen (secondary N) is 1. The van der Waals surface area contributed by atoms with Crippen LogP contribution in [0.2, 0.25) is 0 Å². The Morgan fingerprint density at radius 2 is 1.86 bits per heavy atom. The number of aromatic nitrogens is 2. The lowest BCUT2D eigenvalue weighted by Gasteiger charge is -2.32. The minimum Gasteiger partial charge on any atom is -0.383 e. The van der Waals surface area contributed by atoms with Gasteiger partial charge in [0.15, 0.2) is 0 Å². The molecule has 1 saturated heterocycles. The summed E-state index contributed by atoms with van der Waals surface area (Å²) in [7, 11) is 1.65. The zero-order valence-corrected chi connectivity index (χ0v) is 20.3. The molecule has 1 aliphatic heterocycles. The fraction of sp³-hybridized carbons (Fsp3) is 0.423. The lowest BCUT2D eigenvalue weighted by molar-refractivity contribution is -0.173. The molecule has 1 aliphatic rings. The molecule has 0 saturated carbocycles. The van der Waals surface area contributed by atoms with E-state index in [1.54, 1.807) is 19.2 Å². The number of fused-ring (bicyclic) bond motifs is 1. The molecular formula is C26H29F3N4O3. The molecule has 3 aromatic rings. The number of para-hydroxylation sites is 1. The van der Waals surface area contributed by atoms with Crippen LogP contribution < -0.4 is 5.32 Å². The van der Waals surface area contributed by atoms with Gasteiger partial charge in [-0.05, 0) is 37.5 Å². The third-order valence-corrected chi connectivity index (χ3v) is 6.58. The third-order valence-electron chi connectivity index (χ3n) is 6.58. The average molecular weight is 503 g/mol. The van der Waals surface area contributed by atoms with Crippen LogP contribution in [0.3, 0.4) is 0 Å². The molecule has 0 unspecified atom stereocenters. The molecule has 2 aromatic heterocycles. The van der Waals surface area contributed by atoms with E-state index in [-0.39, 0.29) is 18.4 Å². The number of carbonyl (C=O) groups is 2. The number of piperidine rings is 1. The van der Waals surface area contributed by atoms with E-state index in [1.165, 1.54) is 0 Å². The predicted octanol–water partition coefficient (Wildman–Crippen LogP) is 4.19. The van der Waals surface area contributed by atoms with Gasteiger partial charge in [-0.1, -0.05) is 24.3 Å². The van der Waals surface area contributed by atoms with E-state index < -0.39 is 12.1 Å². The van der Waals surface area contributed by atoms with Crippen LogP contribution in [0.15, 0.2) is 42.6 Å². The lowest BCUT2D eigenvalue weighted by Crippen LogP contribution is -2.38. The normalized spacial score (nSPS) is 14.9. The summed E-state index contributed by atoms with van der Waals surface area (Å²) < 4.78 is 44.6. The fourth-order valence-corrected chi connectivity index (χ4v) is 4.73. The number of carbonyl (C=O) groups excluding carboxylic acids is 2. The lowest BCUT2D eigenvalue weighted by atomic mass is 9.92. The molecule has 0 atom stereocenters. The molecule has 10 heteroatoms. The van der Waals surface area contributed by atoms with E-state index in [2.05, 4.69) is 9.55 Å². The largest absolute Gasteiger partial charge is 0.471 e. The third kappa shape index (κ3) is 5.53. The number of likely N-dealkylation sites (tertiary alicyclic amines) is 1. The molecule has 7 nitrogen and oxygen atoms in total. The van der Waals surface area contributed by atoms with E-state index in [9.17, 15) is 22.8 Å². The molecule has 36 heavy (non-hydrogen) atoms. The maximum atomic E-state index is 13.5. The number of hydrogen-bond donors (Lipinski definition) is 1. The molecule has 0 radical (unpaired) electrons. The molecule has 1 aromatic carbocycles. The number of alkyl halides is 3. The van der Waals surface area contributed by atoms with Crippen molar-refractivity contribution in [3.8, 4) is 0 Å². The summed E-state index contributed by atoms with van der Waals surface area (Å²) in [6, 6.07) is 11.1. The van der Waals surface area contributed by atoms with Gasteiger partial charge in [-0.2, -0.15) is 13.2 Å². The Labute approximate surface area is 207 Å². The molecule has 4 rings (SSSR count). The Bertz CT molecular complexity index is 1250. The molecule has 3 heterocycles. The van der Waals surface area contributed by atoms with Gasteiger partial charge in [0.25, 0.3) is 5.91 Å². The number of rotatable bonds is 7. The van der Waals surface area contributed by atoms with Crippen molar-refractivity contribution < 1.29 is 27.5 Å². The maximum absolute atomic E-state index is 13.5. The first-order valence-corrected chi connectivity index (χ1v) is 11.9. The van der Waals surface area contributed by atoms with Crippen molar-refractivity contribution in [1.29, 1.82) is 0 Å². The highest BCUT2D eigenvalue weighted by molar-refractivity contribution is 6.07. The van der Waals surface area contributed by atoms with Crippen molar-refractivity contribution in [2.24, 2.45) is 0 Å². The number of methoxy groups -OCH3 is 1. The van der Waals surface area contributed by atoms with Crippen LogP contribution in [0, 0.1) is 6.92 Å². The van der Waals surface area contributed by atoms with Crippen LogP contribution in [0.4, 0.5) is 13.2 Å².